The van der Waals surface area contributed by atoms with Crippen molar-refractivity contribution in [2.45, 2.75) is 37.8 Å². The van der Waals surface area contributed by atoms with E-state index in [0.717, 1.165) is 16.7 Å². The molecule has 2 aromatic carbocycles. The first-order valence-electron chi connectivity index (χ1n) is 8.64. The molecule has 0 bridgehead atoms. The summed E-state index contributed by atoms with van der Waals surface area (Å²) in [6.07, 6.45) is 3.65. The van der Waals surface area contributed by atoms with Crippen LogP contribution in [0.15, 0.2) is 48.5 Å². The predicted octanol–water partition coefficient (Wildman–Crippen LogP) is 3.95. The van der Waals surface area contributed by atoms with Gasteiger partial charge >= 0.3 is 6.09 Å². The first-order valence-corrected chi connectivity index (χ1v) is 8.64. The highest BCUT2D eigenvalue weighted by Gasteiger charge is 2.31. The number of halogens is 1. The Morgan fingerprint density at radius 3 is 2.32 bits per heavy atom. The third-order valence-corrected chi connectivity index (χ3v) is 4.86. The quantitative estimate of drug-likeness (QED) is 0.825. The highest BCUT2D eigenvalue weighted by molar-refractivity contribution is 5.67. The fourth-order valence-corrected chi connectivity index (χ4v) is 3.22. The molecule has 4 nitrogen and oxygen atoms in total. The van der Waals surface area contributed by atoms with E-state index in [2.05, 4.69) is 0 Å². The maximum absolute atomic E-state index is 13.1. The van der Waals surface area contributed by atoms with Crippen molar-refractivity contribution < 1.29 is 14.3 Å². The Balaban J connectivity index is 0.000000314. The third-order valence-electron chi connectivity index (χ3n) is 4.86. The predicted molar refractivity (Wildman–Crippen MR) is 94.9 cm³/mol. The molecule has 0 unspecified atom stereocenters. The monoisotopic (exact) mass is 342 g/mol. The summed E-state index contributed by atoms with van der Waals surface area (Å²) >= 11 is 0. The van der Waals surface area contributed by atoms with Gasteiger partial charge in [0.15, 0.2) is 0 Å². The number of hydrogen-bond acceptors (Lipinski definition) is 2. The summed E-state index contributed by atoms with van der Waals surface area (Å²) in [6, 6.07) is 14.1. The Hall–Kier alpha value is -2.40. The molecule has 2 aromatic rings. The van der Waals surface area contributed by atoms with Gasteiger partial charge in [0.25, 0.3) is 0 Å². The molecule has 0 radical (unpaired) electrons. The van der Waals surface area contributed by atoms with Crippen LogP contribution in [0.25, 0.3) is 0 Å². The van der Waals surface area contributed by atoms with E-state index < -0.39 is 6.09 Å². The van der Waals surface area contributed by atoms with Crippen LogP contribution in [0.2, 0.25) is 0 Å². The van der Waals surface area contributed by atoms with Crippen LogP contribution in [0.3, 0.4) is 0 Å². The number of rotatable bonds is 1. The lowest BCUT2D eigenvalue weighted by molar-refractivity contribution is 0.129. The molecule has 1 saturated carbocycles. The molecule has 3 N–H and O–H groups in total. The third kappa shape index (κ3) is 3.99. The number of fused-ring (bicyclic) bond motifs is 1. The lowest BCUT2D eigenvalue weighted by atomic mass is 9.88. The van der Waals surface area contributed by atoms with Gasteiger partial charge in [0, 0.05) is 12.6 Å². The molecule has 0 aromatic heterocycles. The Labute approximate surface area is 147 Å². The molecule has 4 rings (SSSR count). The molecule has 1 amide bonds. The van der Waals surface area contributed by atoms with Gasteiger partial charge in [-0.25, -0.2) is 9.18 Å². The molecule has 1 fully saturated rings. The SMILES string of the molecule is NC1CCC1.O=C(O)N1CCc2ccccc2[C@@H]1c1ccc(F)cc1. The number of hydrogen-bond donors (Lipinski definition) is 2. The average molecular weight is 342 g/mol. The van der Waals surface area contributed by atoms with Crippen molar-refractivity contribution in [2.75, 3.05) is 6.54 Å². The van der Waals surface area contributed by atoms with E-state index in [-0.39, 0.29) is 11.9 Å². The molecule has 0 spiro atoms. The largest absolute Gasteiger partial charge is 0.465 e. The first kappa shape index (κ1) is 17.4. The lowest BCUT2D eigenvalue weighted by Crippen LogP contribution is -2.39. The number of benzene rings is 2. The van der Waals surface area contributed by atoms with Gasteiger partial charge in [-0.05, 0) is 48.1 Å². The molecule has 5 heteroatoms. The first-order chi connectivity index (χ1) is 12.1. The van der Waals surface area contributed by atoms with E-state index in [9.17, 15) is 14.3 Å². The zero-order valence-electron chi connectivity index (χ0n) is 14.1. The summed E-state index contributed by atoms with van der Waals surface area (Å²) in [5.74, 6) is -0.320. The van der Waals surface area contributed by atoms with Crippen molar-refractivity contribution in [3.8, 4) is 0 Å². The molecule has 132 valence electrons. The van der Waals surface area contributed by atoms with Crippen molar-refractivity contribution in [1.29, 1.82) is 0 Å². The van der Waals surface area contributed by atoms with Crippen molar-refractivity contribution in [2.24, 2.45) is 5.73 Å². The molecule has 0 saturated heterocycles. The molecule has 1 atom stereocenters. The zero-order chi connectivity index (χ0) is 17.8. The minimum atomic E-state index is -0.950. The summed E-state index contributed by atoms with van der Waals surface area (Å²) in [7, 11) is 0. The lowest BCUT2D eigenvalue weighted by Gasteiger charge is -2.35. The Morgan fingerprint density at radius 2 is 1.76 bits per heavy atom. The van der Waals surface area contributed by atoms with Gasteiger partial charge < -0.3 is 10.8 Å². The van der Waals surface area contributed by atoms with Crippen LogP contribution < -0.4 is 5.73 Å². The van der Waals surface area contributed by atoms with Gasteiger partial charge in [-0.1, -0.05) is 42.8 Å². The van der Waals surface area contributed by atoms with Crippen LogP contribution in [0.1, 0.15) is 42.0 Å². The standard InChI is InChI=1S/C16H14FNO2.C4H9N/c17-13-7-5-12(6-8-13)15-14-4-2-1-3-11(14)9-10-18(15)16(19)20;5-4-2-1-3-4/h1-8,15H,9-10H2,(H,19,20);4H,1-3,5H2/t15-;/m0./s1. The minimum Gasteiger partial charge on any atom is -0.465 e. The van der Waals surface area contributed by atoms with E-state index >= 15 is 0 Å². The van der Waals surface area contributed by atoms with Crippen LogP contribution in [-0.4, -0.2) is 28.7 Å². The second kappa shape index (κ2) is 7.66. The normalized spacial score (nSPS) is 19.3. The maximum Gasteiger partial charge on any atom is 0.408 e. The number of nitrogens with two attached hydrogens (primary N) is 1. The van der Waals surface area contributed by atoms with Crippen LogP contribution >= 0.6 is 0 Å². The second-order valence-electron chi connectivity index (χ2n) is 6.57. The summed E-state index contributed by atoms with van der Waals surface area (Å²) in [6.45, 7) is 0.453. The van der Waals surface area contributed by atoms with E-state index in [4.69, 9.17) is 5.73 Å². The molecule has 1 heterocycles. The summed E-state index contributed by atoms with van der Waals surface area (Å²) in [5, 5.41) is 9.40. The van der Waals surface area contributed by atoms with Crippen molar-refractivity contribution in [3.05, 3.63) is 71.0 Å². The zero-order valence-corrected chi connectivity index (χ0v) is 14.1. The Morgan fingerprint density at radius 1 is 1.12 bits per heavy atom. The highest BCUT2D eigenvalue weighted by Crippen LogP contribution is 2.35. The van der Waals surface area contributed by atoms with Gasteiger partial charge in [-0.2, -0.15) is 0 Å². The smallest absolute Gasteiger partial charge is 0.408 e. The Kier molecular flexibility index (Phi) is 5.34. The summed E-state index contributed by atoms with van der Waals surface area (Å²) in [5.41, 5.74) is 8.30. The molecular weight excluding hydrogens is 319 g/mol. The summed E-state index contributed by atoms with van der Waals surface area (Å²) < 4.78 is 13.1. The van der Waals surface area contributed by atoms with Crippen molar-refractivity contribution in [3.63, 3.8) is 0 Å². The number of carbonyl (C=O) groups is 1. The number of nitrogens with zero attached hydrogens (tertiary/aromatic N) is 1. The fraction of sp³-hybridized carbons (Fsp3) is 0.350. The summed E-state index contributed by atoms with van der Waals surface area (Å²) in [4.78, 5) is 12.9. The van der Waals surface area contributed by atoms with Crippen LogP contribution in [0, 0.1) is 5.82 Å². The van der Waals surface area contributed by atoms with Crippen molar-refractivity contribution in [1.82, 2.24) is 4.90 Å². The topological polar surface area (TPSA) is 66.6 Å². The average Bonchev–Trinajstić information content (AvgIpc) is 2.60. The van der Waals surface area contributed by atoms with E-state index in [1.165, 1.54) is 36.3 Å². The van der Waals surface area contributed by atoms with Gasteiger partial charge in [0.05, 0.1) is 6.04 Å². The molecular formula is C20H23FN2O2. The molecule has 25 heavy (non-hydrogen) atoms. The fourth-order valence-electron chi connectivity index (χ4n) is 3.22. The van der Waals surface area contributed by atoms with E-state index in [1.807, 2.05) is 24.3 Å². The van der Waals surface area contributed by atoms with E-state index in [1.54, 1.807) is 12.1 Å². The van der Waals surface area contributed by atoms with E-state index in [0.29, 0.717) is 19.0 Å². The molecule has 2 aliphatic rings. The van der Waals surface area contributed by atoms with Crippen molar-refractivity contribution >= 4 is 6.09 Å². The number of carboxylic acid groups (broad SMARTS) is 1. The van der Waals surface area contributed by atoms with Crippen LogP contribution in [0.5, 0.6) is 0 Å². The minimum absolute atomic E-state index is 0.320. The van der Waals surface area contributed by atoms with Gasteiger partial charge in [0.2, 0.25) is 0 Å². The van der Waals surface area contributed by atoms with Gasteiger partial charge in [-0.3, -0.25) is 4.90 Å². The van der Waals surface area contributed by atoms with Crippen LogP contribution in [0.4, 0.5) is 9.18 Å². The maximum atomic E-state index is 13.1. The molecule has 1 aliphatic heterocycles. The number of amides is 1. The van der Waals surface area contributed by atoms with Gasteiger partial charge in [0.1, 0.15) is 5.82 Å². The highest BCUT2D eigenvalue weighted by atomic mass is 19.1. The Bertz CT molecular complexity index is 729. The molecule has 1 aliphatic carbocycles. The van der Waals surface area contributed by atoms with Crippen LogP contribution in [-0.2, 0) is 6.42 Å². The second-order valence-corrected chi connectivity index (χ2v) is 6.57. The van der Waals surface area contributed by atoms with Gasteiger partial charge in [-0.15, -0.1) is 0 Å².